The van der Waals surface area contributed by atoms with Crippen molar-refractivity contribution in [2.24, 2.45) is 5.92 Å². The lowest BCUT2D eigenvalue weighted by Crippen LogP contribution is -2.27. The van der Waals surface area contributed by atoms with Crippen molar-refractivity contribution in [1.82, 2.24) is 5.32 Å². The van der Waals surface area contributed by atoms with Gasteiger partial charge in [0, 0.05) is 6.04 Å². The Morgan fingerprint density at radius 3 is 2.50 bits per heavy atom. The first-order valence-electron chi connectivity index (χ1n) is 7.01. The molecule has 18 heavy (non-hydrogen) atoms. The van der Waals surface area contributed by atoms with Crippen molar-refractivity contribution in [2.75, 3.05) is 13.7 Å². The lowest BCUT2D eigenvalue weighted by molar-refractivity contribution is 0.367. The monoisotopic (exact) mass is 249 g/mol. The van der Waals surface area contributed by atoms with Crippen molar-refractivity contribution in [3.05, 3.63) is 29.3 Å². The lowest BCUT2D eigenvalue weighted by Gasteiger charge is -2.26. The Kier molecular flexibility index (Phi) is 6.20. The van der Waals surface area contributed by atoms with Gasteiger partial charge in [-0.1, -0.05) is 33.3 Å². The van der Waals surface area contributed by atoms with E-state index in [9.17, 15) is 0 Å². The van der Waals surface area contributed by atoms with Crippen LogP contribution in [0.3, 0.4) is 0 Å². The van der Waals surface area contributed by atoms with Crippen LogP contribution in [0.5, 0.6) is 5.75 Å². The van der Waals surface area contributed by atoms with Crippen LogP contribution in [0.2, 0.25) is 0 Å². The number of hydrogen-bond donors (Lipinski definition) is 1. The maximum atomic E-state index is 5.28. The molecule has 2 heteroatoms. The summed E-state index contributed by atoms with van der Waals surface area (Å²) in [6, 6.07) is 6.83. The summed E-state index contributed by atoms with van der Waals surface area (Å²) in [6.07, 6.45) is 2.49. The Bertz CT molecular complexity index is 362. The van der Waals surface area contributed by atoms with Gasteiger partial charge in [-0.15, -0.1) is 0 Å². The Morgan fingerprint density at radius 2 is 2.00 bits per heavy atom. The fourth-order valence-corrected chi connectivity index (χ4v) is 2.58. The van der Waals surface area contributed by atoms with Crippen LogP contribution in [0, 0.1) is 12.8 Å². The van der Waals surface area contributed by atoms with Gasteiger partial charge in [-0.25, -0.2) is 0 Å². The molecule has 0 spiro atoms. The summed E-state index contributed by atoms with van der Waals surface area (Å²) in [5.74, 6) is 1.59. The molecule has 0 saturated carbocycles. The van der Waals surface area contributed by atoms with Gasteiger partial charge in [0.25, 0.3) is 0 Å². The maximum absolute atomic E-state index is 5.28. The fraction of sp³-hybridized carbons (Fsp3) is 0.625. The Balaban J connectivity index is 2.97. The van der Waals surface area contributed by atoms with Crippen molar-refractivity contribution in [3.8, 4) is 5.75 Å². The number of nitrogens with one attached hydrogen (secondary N) is 1. The second-order valence-corrected chi connectivity index (χ2v) is 5.02. The lowest BCUT2D eigenvalue weighted by atomic mass is 9.88. The van der Waals surface area contributed by atoms with Crippen LogP contribution in [0.25, 0.3) is 0 Å². The molecule has 0 heterocycles. The summed E-state index contributed by atoms with van der Waals surface area (Å²) in [5.41, 5.74) is 2.71. The zero-order valence-corrected chi connectivity index (χ0v) is 12.4. The molecule has 1 rings (SSSR count). The predicted octanol–water partition coefficient (Wildman–Crippen LogP) is 4.09. The van der Waals surface area contributed by atoms with Gasteiger partial charge in [0.15, 0.2) is 0 Å². The molecule has 0 fully saturated rings. The highest BCUT2D eigenvalue weighted by atomic mass is 16.5. The fourth-order valence-electron chi connectivity index (χ4n) is 2.58. The highest BCUT2D eigenvalue weighted by Crippen LogP contribution is 2.29. The summed E-state index contributed by atoms with van der Waals surface area (Å²) in [4.78, 5) is 0. The van der Waals surface area contributed by atoms with Gasteiger partial charge >= 0.3 is 0 Å². The third-order valence-corrected chi connectivity index (χ3v) is 3.55. The second kappa shape index (κ2) is 7.42. The topological polar surface area (TPSA) is 21.3 Å². The van der Waals surface area contributed by atoms with Gasteiger partial charge in [0.1, 0.15) is 5.75 Å². The summed E-state index contributed by atoms with van der Waals surface area (Å²) < 4.78 is 5.28. The van der Waals surface area contributed by atoms with Gasteiger partial charge in [0.05, 0.1) is 7.11 Å². The molecule has 0 radical (unpaired) electrons. The second-order valence-electron chi connectivity index (χ2n) is 5.02. The molecule has 0 aromatic heterocycles. The summed E-state index contributed by atoms with van der Waals surface area (Å²) in [5, 5.41) is 3.62. The van der Waals surface area contributed by atoms with Crippen LogP contribution in [-0.2, 0) is 0 Å². The van der Waals surface area contributed by atoms with E-state index >= 15 is 0 Å². The first-order chi connectivity index (χ1) is 8.63. The van der Waals surface area contributed by atoms with Crippen LogP contribution in [0.1, 0.15) is 50.8 Å². The number of benzene rings is 1. The molecule has 0 aliphatic rings. The maximum Gasteiger partial charge on any atom is 0.119 e. The minimum atomic E-state index is 0.445. The SMILES string of the molecule is CCCC(C)C(NCC)c1ccc(OC)cc1C. The molecule has 0 aliphatic carbocycles. The third-order valence-electron chi connectivity index (χ3n) is 3.55. The molecule has 1 aromatic carbocycles. The molecule has 2 nitrogen and oxygen atoms in total. The average Bonchev–Trinajstić information content (AvgIpc) is 2.36. The molecule has 0 saturated heterocycles. The number of ether oxygens (including phenoxy) is 1. The smallest absolute Gasteiger partial charge is 0.119 e. The van der Waals surface area contributed by atoms with E-state index in [4.69, 9.17) is 4.74 Å². The quantitative estimate of drug-likeness (QED) is 0.786. The van der Waals surface area contributed by atoms with E-state index in [1.165, 1.54) is 24.0 Å². The van der Waals surface area contributed by atoms with E-state index < -0.39 is 0 Å². The van der Waals surface area contributed by atoms with E-state index in [1.807, 2.05) is 0 Å². The van der Waals surface area contributed by atoms with E-state index in [1.54, 1.807) is 7.11 Å². The van der Waals surface area contributed by atoms with Crippen molar-refractivity contribution < 1.29 is 4.74 Å². The zero-order valence-electron chi connectivity index (χ0n) is 12.4. The minimum absolute atomic E-state index is 0.445. The Labute approximate surface area is 112 Å². The molecule has 1 aromatic rings. The van der Waals surface area contributed by atoms with Crippen LogP contribution in [0.15, 0.2) is 18.2 Å². The minimum Gasteiger partial charge on any atom is -0.497 e. The molecular weight excluding hydrogens is 222 g/mol. The highest BCUT2D eigenvalue weighted by Gasteiger charge is 2.19. The largest absolute Gasteiger partial charge is 0.497 e. The predicted molar refractivity (Wildman–Crippen MR) is 78.2 cm³/mol. The molecule has 0 aliphatic heterocycles. The molecule has 1 N–H and O–H groups in total. The van der Waals surface area contributed by atoms with Gasteiger partial charge < -0.3 is 10.1 Å². The highest BCUT2D eigenvalue weighted by molar-refractivity contribution is 5.36. The standard InChI is InChI=1S/C16H27NO/c1-6-8-12(3)16(17-7-2)15-10-9-14(18-5)11-13(15)4/h9-12,16-17H,6-8H2,1-5H3. The molecule has 102 valence electrons. The molecule has 2 unspecified atom stereocenters. The van der Waals surface area contributed by atoms with Crippen LogP contribution >= 0.6 is 0 Å². The normalized spacial score (nSPS) is 14.3. The van der Waals surface area contributed by atoms with Crippen LogP contribution < -0.4 is 10.1 Å². The average molecular weight is 249 g/mol. The zero-order chi connectivity index (χ0) is 13.5. The molecule has 0 amide bonds. The Hall–Kier alpha value is -1.02. The van der Waals surface area contributed by atoms with Gasteiger partial charge in [0.2, 0.25) is 0 Å². The van der Waals surface area contributed by atoms with E-state index in [0.717, 1.165) is 12.3 Å². The number of hydrogen-bond acceptors (Lipinski definition) is 2. The van der Waals surface area contributed by atoms with E-state index in [2.05, 4.69) is 51.2 Å². The van der Waals surface area contributed by atoms with Crippen LogP contribution in [-0.4, -0.2) is 13.7 Å². The first-order valence-corrected chi connectivity index (χ1v) is 7.01. The molecule has 0 bridgehead atoms. The van der Waals surface area contributed by atoms with Crippen LogP contribution in [0.4, 0.5) is 0 Å². The molecular formula is C16H27NO. The number of rotatable bonds is 7. The van der Waals surface area contributed by atoms with Crippen molar-refractivity contribution >= 4 is 0 Å². The summed E-state index contributed by atoms with van der Waals surface area (Å²) in [6.45, 7) is 9.93. The Morgan fingerprint density at radius 1 is 1.28 bits per heavy atom. The van der Waals surface area contributed by atoms with Gasteiger partial charge in [-0.2, -0.15) is 0 Å². The van der Waals surface area contributed by atoms with Crippen molar-refractivity contribution in [1.29, 1.82) is 0 Å². The number of methoxy groups -OCH3 is 1. The summed E-state index contributed by atoms with van der Waals surface area (Å²) in [7, 11) is 1.72. The van der Waals surface area contributed by atoms with Gasteiger partial charge in [-0.3, -0.25) is 0 Å². The first kappa shape index (κ1) is 15.0. The molecule has 2 atom stereocenters. The van der Waals surface area contributed by atoms with Crippen molar-refractivity contribution in [3.63, 3.8) is 0 Å². The van der Waals surface area contributed by atoms with E-state index in [-0.39, 0.29) is 0 Å². The van der Waals surface area contributed by atoms with E-state index in [0.29, 0.717) is 12.0 Å². The number of aryl methyl sites for hydroxylation is 1. The van der Waals surface area contributed by atoms with Crippen molar-refractivity contribution in [2.45, 2.75) is 46.6 Å². The summed E-state index contributed by atoms with van der Waals surface area (Å²) >= 11 is 0. The third kappa shape index (κ3) is 3.74. The van der Waals surface area contributed by atoms with Gasteiger partial charge in [-0.05, 0) is 49.1 Å².